The van der Waals surface area contributed by atoms with E-state index in [0.29, 0.717) is 16.3 Å². The molecule has 2 rings (SSSR count). The smallest absolute Gasteiger partial charge is 0.175 e. The normalized spacial score (nSPS) is 15.6. The van der Waals surface area contributed by atoms with Gasteiger partial charge in [-0.25, -0.2) is 0 Å². The monoisotopic (exact) mass is 231 g/mol. The van der Waals surface area contributed by atoms with E-state index in [4.69, 9.17) is 23.2 Å². The Balaban J connectivity index is 2.32. The number of halogens is 2. The van der Waals surface area contributed by atoms with Crippen molar-refractivity contribution in [2.75, 3.05) is 11.4 Å². The molecule has 0 saturated heterocycles. The Kier molecular flexibility index (Phi) is 2.79. The lowest BCUT2D eigenvalue weighted by Crippen LogP contribution is -2.25. The van der Waals surface area contributed by atoms with Crippen LogP contribution in [0.2, 0.25) is 10.3 Å². The predicted molar refractivity (Wildman–Crippen MR) is 58.1 cm³/mol. The molecular weight excluding hydrogens is 221 g/mol. The maximum absolute atomic E-state index is 5.97. The number of anilines is 1. The fraction of sp³-hybridized carbons (Fsp3) is 0.556. The molecule has 0 aliphatic heterocycles. The van der Waals surface area contributed by atoms with Crippen LogP contribution in [0, 0.1) is 0 Å². The van der Waals surface area contributed by atoms with Crippen LogP contribution in [0.25, 0.3) is 0 Å². The van der Waals surface area contributed by atoms with Gasteiger partial charge in [0.15, 0.2) is 10.3 Å². The average Bonchev–Trinajstić information content (AvgIpc) is 2.96. The van der Waals surface area contributed by atoms with E-state index < -0.39 is 0 Å². The van der Waals surface area contributed by atoms with Crippen LogP contribution in [0.4, 0.5) is 5.69 Å². The topological polar surface area (TPSA) is 29.0 Å². The average molecular weight is 232 g/mol. The Labute approximate surface area is 93.0 Å². The Bertz CT molecular complexity index is 339. The summed E-state index contributed by atoms with van der Waals surface area (Å²) in [6.07, 6.45) is 2.45. The zero-order valence-corrected chi connectivity index (χ0v) is 9.39. The van der Waals surface area contributed by atoms with Crippen LogP contribution >= 0.6 is 23.2 Å². The molecule has 0 aromatic carbocycles. The molecule has 1 aliphatic rings. The maximum Gasteiger partial charge on any atom is 0.175 e. The number of rotatable bonds is 3. The lowest BCUT2D eigenvalue weighted by molar-refractivity contribution is 0.817. The van der Waals surface area contributed by atoms with Crippen molar-refractivity contribution < 1.29 is 0 Å². The molecule has 3 nitrogen and oxygen atoms in total. The fourth-order valence-electron chi connectivity index (χ4n) is 1.56. The van der Waals surface area contributed by atoms with Crippen molar-refractivity contribution in [3.63, 3.8) is 0 Å². The van der Waals surface area contributed by atoms with Crippen molar-refractivity contribution >= 4 is 28.9 Å². The summed E-state index contributed by atoms with van der Waals surface area (Å²) in [7, 11) is 0. The highest BCUT2D eigenvalue weighted by Gasteiger charge is 2.29. The third-order valence-electron chi connectivity index (χ3n) is 2.34. The van der Waals surface area contributed by atoms with Gasteiger partial charge in [-0.15, -0.1) is 10.2 Å². The standard InChI is InChI=1S/C9H11Cl2N3/c1-2-14(6-3-4-6)7-5-8(10)12-13-9(7)11/h5-6H,2-4H2,1H3. The van der Waals surface area contributed by atoms with E-state index in [1.807, 2.05) is 0 Å². The molecule has 1 saturated carbocycles. The first kappa shape index (κ1) is 9.99. The molecule has 76 valence electrons. The Morgan fingerprint density at radius 1 is 1.43 bits per heavy atom. The molecule has 0 spiro atoms. The van der Waals surface area contributed by atoms with Crippen molar-refractivity contribution in [3.8, 4) is 0 Å². The zero-order chi connectivity index (χ0) is 10.1. The van der Waals surface area contributed by atoms with Crippen LogP contribution in [0.1, 0.15) is 19.8 Å². The summed E-state index contributed by atoms with van der Waals surface area (Å²) >= 11 is 11.8. The summed E-state index contributed by atoms with van der Waals surface area (Å²) in [6, 6.07) is 2.39. The molecule has 1 heterocycles. The minimum absolute atomic E-state index is 0.392. The van der Waals surface area contributed by atoms with Gasteiger partial charge in [-0.2, -0.15) is 0 Å². The highest BCUT2D eigenvalue weighted by atomic mass is 35.5. The lowest BCUT2D eigenvalue weighted by Gasteiger charge is -2.22. The van der Waals surface area contributed by atoms with Crippen molar-refractivity contribution in [1.29, 1.82) is 0 Å². The molecule has 14 heavy (non-hydrogen) atoms. The van der Waals surface area contributed by atoms with E-state index >= 15 is 0 Å². The Morgan fingerprint density at radius 3 is 2.71 bits per heavy atom. The summed E-state index contributed by atoms with van der Waals surface area (Å²) < 4.78 is 0. The van der Waals surface area contributed by atoms with Crippen LogP contribution < -0.4 is 4.90 Å². The molecule has 0 N–H and O–H groups in total. The molecule has 1 fully saturated rings. The summed E-state index contributed by atoms with van der Waals surface area (Å²) in [4.78, 5) is 2.23. The predicted octanol–water partition coefficient (Wildman–Crippen LogP) is 2.77. The van der Waals surface area contributed by atoms with Crippen LogP contribution in [-0.4, -0.2) is 22.8 Å². The van der Waals surface area contributed by atoms with E-state index in [1.54, 1.807) is 6.07 Å². The zero-order valence-electron chi connectivity index (χ0n) is 7.87. The molecule has 1 aromatic rings. The van der Waals surface area contributed by atoms with Crippen LogP contribution in [0.3, 0.4) is 0 Å². The van der Waals surface area contributed by atoms with E-state index in [9.17, 15) is 0 Å². The summed E-state index contributed by atoms with van der Waals surface area (Å²) in [5.74, 6) is 0. The molecule has 0 radical (unpaired) electrons. The third kappa shape index (κ3) is 1.93. The highest BCUT2D eigenvalue weighted by molar-refractivity contribution is 6.33. The largest absolute Gasteiger partial charge is 0.366 e. The Morgan fingerprint density at radius 2 is 2.14 bits per heavy atom. The number of hydrogen-bond acceptors (Lipinski definition) is 3. The summed E-state index contributed by atoms with van der Waals surface area (Å²) in [5, 5.41) is 8.32. The molecular formula is C9H11Cl2N3. The molecule has 1 aromatic heterocycles. The van der Waals surface area contributed by atoms with Crippen LogP contribution in [0.15, 0.2) is 6.07 Å². The number of hydrogen-bond donors (Lipinski definition) is 0. The van der Waals surface area contributed by atoms with Crippen LogP contribution in [0.5, 0.6) is 0 Å². The van der Waals surface area contributed by atoms with Gasteiger partial charge in [0.2, 0.25) is 0 Å². The van der Waals surface area contributed by atoms with Gasteiger partial charge in [-0.3, -0.25) is 0 Å². The second-order valence-corrected chi connectivity index (χ2v) is 4.11. The Hall–Kier alpha value is -0.540. The first-order valence-electron chi connectivity index (χ1n) is 4.67. The van der Waals surface area contributed by atoms with E-state index in [1.165, 1.54) is 12.8 Å². The summed E-state index contributed by atoms with van der Waals surface area (Å²) in [6.45, 7) is 3.02. The first-order chi connectivity index (χ1) is 6.72. The summed E-state index contributed by atoms with van der Waals surface area (Å²) in [5.41, 5.74) is 0.900. The SMILES string of the molecule is CCN(c1cc(Cl)nnc1Cl)C1CC1. The van der Waals surface area contributed by atoms with Crippen LogP contribution in [-0.2, 0) is 0 Å². The van der Waals surface area contributed by atoms with Crippen molar-refractivity contribution in [3.05, 3.63) is 16.4 Å². The second kappa shape index (κ2) is 3.91. The second-order valence-electron chi connectivity index (χ2n) is 3.36. The van der Waals surface area contributed by atoms with E-state index in [2.05, 4.69) is 22.0 Å². The molecule has 0 unspecified atom stereocenters. The van der Waals surface area contributed by atoms with Gasteiger partial charge in [0.05, 0.1) is 5.69 Å². The van der Waals surface area contributed by atoms with Gasteiger partial charge in [0, 0.05) is 18.7 Å². The molecule has 0 amide bonds. The molecule has 0 bridgehead atoms. The maximum atomic E-state index is 5.97. The quantitative estimate of drug-likeness (QED) is 0.802. The van der Waals surface area contributed by atoms with Crippen molar-refractivity contribution in [2.24, 2.45) is 0 Å². The lowest BCUT2D eigenvalue weighted by atomic mass is 10.4. The molecule has 0 atom stereocenters. The van der Waals surface area contributed by atoms with Gasteiger partial charge in [0.25, 0.3) is 0 Å². The number of aromatic nitrogens is 2. The fourth-order valence-corrected chi connectivity index (χ4v) is 1.90. The highest BCUT2D eigenvalue weighted by Crippen LogP contribution is 2.34. The van der Waals surface area contributed by atoms with Crippen molar-refractivity contribution in [1.82, 2.24) is 10.2 Å². The van der Waals surface area contributed by atoms with Gasteiger partial charge in [0.1, 0.15) is 0 Å². The van der Waals surface area contributed by atoms with E-state index in [-0.39, 0.29) is 0 Å². The number of nitrogens with zero attached hydrogens (tertiary/aromatic N) is 3. The minimum atomic E-state index is 0.392. The van der Waals surface area contributed by atoms with Gasteiger partial charge < -0.3 is 4.90 Å². The van der Waals surface area contributed by atoms with E-state index in [0.717, 1.165) is 12.2 Å². The first-order valence-corrected chi connectivity index (χ1v) is 5.43. The van der Waals surface area contributed by atoms with Crippen molar-refractivity contribution in [2.45, 2.75) is 25.8 Å². The van der Waals surface area contributed by atoms with Gasteiger partial charge in [-0.05, 0) is 19.8 Å². The van der Waals surface area contributed by atoms with Gasteiger partial charge >= 0.3 is 0 Å². The molecule has 5 heteroatoms. The molecule has 1 aliphatic carbocycles. The van der Waals surface area contributed by atoms with Gasteiger partial charge in [-0.1, -0.05) is 23.2 Å². The third-order valence-corrected chi connectivity index (χ3v) is 2.79. The minimum Gasteiger partial charge on any atom is -0.366 e.